The minimum absolute atomic E-state index is 0.0122. The zero-order chi connectivity index (χ0) is 22.9. The fourth-order valence-electron chi connectivity index (χ4n) is 3.19. The maximum atomic E-state index is 13.2. The van der Waals surface area contributed by atoms with Crippen molar-refractivity contribution < 1.29 is 24.2 Å². The number of carboxylic acids is 1. The number of carbonyl (C=O) groups excluding carboxylic acids is 2. The molecule has 0 radical (unpaired) electrons. The first-order valence-electron chi connectivity index (χ1n) is 9.48. The highest BCUT2D eigenvalue weighted by Crippen LogP contribution is 2.38. The summed E-state index contributed by atoms with van der Waals surface area (Å²) >= 11 is 1.21. The van der Waals surface area contributed by atoms with Gasteiger partial charge in [-0.1, -0.05) is 12.1 Å². The van der Waals surface area contributed by atoms with E-state index in [1.807, 2.05) is 0 Å². The molecule has 1 aliphatic heterocycles. The van der Waals surface area contributed by atoms with Crippen molar-refractivity contribution in [3.63, 3.8) is 0 Å². The number of aromatic carboxylic acids is 1. The third-order valence-electron chi connectivity index (χ3n) is 4.52. The summed E-state index contributed by atoms with van der Waals surface area (Å²) in [5, 5.41) is 12.3. The summed E-state index contributed by atoms with van der Waals surface area (Å²) in [6, 6.07) is 5.69. The molecule has 1 atom stereocenters. The largest absolute Gasteiger partial charge is 0.478 e. The Morgan fingerprint density at radius 1 is 1.26 bits per heavy atom. The van der Waals surface area contributed by atoms with Gasteiger partial charge in [-0.3, -0.25) is 9.59 Å². The highest BCUT2D eigenvalue weighted by molar-refractivity contribution is 7.99. The van der Waals surface area contributed by atoms with Crippen molar-refractivity contribution in [1.82, 2.24) is 9.88 Å². The molecule has 0 bridgehead atoms. The molecule has 1 aromatic carbocycles. The van der Waals surface area contributed by atoms with Crippen LogP contribution >= 0.6 is 11.8 Å². The number of carbonyl (C=O) groups is 3. The van der Waals surface area contributed by atoms with E-state index in [1.54, 1.807) is 32.9 Å². The van der Waals surface area contributed by atoms with E-state index in [0.29, 0.717) is 21.8 Å². The molecular formula is C21H23N3O6S. The molecular weight excluding hydrogens is 422 g/mol. The molecule has 0 saturated heterocycles. The van der Waals surface area contributed by atoms with Crippen LogP contribution in [-0.4, -0.2) is 39.0 Å². The van der Waals surface area contributed by atoms with Crippen LogP contribution in [0.1, 0.15) is 58.7 Å². The highest BCUT2D eigenvalue weighted by atomic mass is 32.2. The van der Waals surface area contributed by atoms with Gasteiger partial charge in [-0.15, -0.1) is 11.8 Å². The van der Waals surface area contributed by atoms with Gasteiger partial charge in [0.2, 0.25) is 5.91 Å². The van der Waals surface area contributed by atoms with Gasteiger partial charge in [-0.05, 0) is 38.5 Å². The van der Waals surface area contributed by atoms with Crippen molar-refractivity contribution >= 4 is 29.7 Å². The number of aromatic nitrogens is 1. The van der Waals surface area contributed by atoms with Crippen LogP contribution < -0.4 is 16.6 Å². The summed E-state index contributed by atoms with van der Waals surface area (Å²) in [5.74, 6) is -1.41. The Morgan fingerprint density at radius 3 is 2.45 bits per heavy atom. The van der Waals surface area contributed by atoms with Crippen LogP contribution in [0.3, 0.4) is 0 Å². The van der Waals surface area contributed by atoms with Crippen LogP contribution in [0.15, 0.2) is 40.2 Å². The number of nitrogens with two attached hydrogens (primary N) is 1. The molecule has 0 aliphatic carbocycles. The SMILES string of the molecule is CC(C)(C)OC(=O)N[C@H]1CSc2c(C(=O)O)cn(Cc3ccc(C(N)=O)cc3)c(=O)c21. The number of amides is 2. The first-order valence-corrected chi connectivity index (χ1v) is 10.5. The Kier molecular flexibility index (Phi) is 6.12. The number of primary amides is 1. The van der Waals surface area contributed by atoms with Gasteiger partial charge in [-0.2, -0.15) is 0 Å². The lowest BCUT2D eigenvalue weighted by Crippen LogP contribution is -2.38. The molecule has 3 rings (SSSR count). The lowest BCUT2D eigenvalue weighted by atomic mass is 10.1. The van der Waals surface area contributed by atoms with Gasteiger partial charge in [0, 0.05) is 22.4 Å². The number of benzene rings is 1. The fourth-order valence-corrected chi connectivity index (χ4v) is 4.45. The normalized spacial score (nSPS) is 15.3. The maximum absolute atomic E-state index is 13.2. The van der Waals surface area contributed by atoms with Crippen LogP contribution in [-0.2, 0) is 11.3 Å². The molecule has 2 heterocycles. The Labute approximate surface area is 182 Å². The summed E-state index contributed by atoms with van der Waals surface area (Å²) in [6.45, 7) is 5.27. The number of hydrogen-bond acceptors (Lipinski definition) is 6. The summed E-state index contributed by atoms with van der Waals surface area (Å²) in [4.78, 5) is 48.8. The summed E-state index contributed by atoms with van der Waals surface area (Å²) in [7, 11) is 0. The lowest BCUT2D eigenvalue weighted by molar-refractivity contribution is 0.0508. The Bertz CT molecular complexity index is 1100. The van der Waals surface area contributed by atoms with Crippen molar-refractivity contribution in [2.75, 3.05) is 5.75 Å². The van der Waals surface area contributed by atoms with E-state index in [2.05, 4.69) is 5.32 Å². The van der Waals surface area contributed by atoms with Crippen LogP contribution in [0.5, 0.6) is 0 Å². The highest BCUT2D eigenvalue weighted by Gasteiger charge is 2.34. The lowest BCUT2D eigenvalue weighted by Gasteiger charge is -2.22. The average Bonchev–Trinajstić information content (AvgIpc) is 3.06. The van der Waals surface area contributed by atoms with Gasteiger partial charge in [-0.25, -0.2) is 9.59 Å². The molecule has 9 nitrogen and oxygen atoms in total. The zero-order valence-electron chi connectivity index (χ0n) is 17.3. The number of pyridine rings is 1. The minimum atomic E-state index is -1.17. The van der Waals surface area contributed by atoms with Crippen LogP contribution in [0.4, 0.5) is 4.79 Å². The van der Waals surface area contributed by atoms with Crippen molar-refractivity contribution in [2.24, 2.45) is 5.73 Å². The molecule has 0 fully saturated rings. The molecule has 10 heteroatoms. The van der Waals surface area contributed by atoms with E-state index in [9.17, 15) is 24.3 Å². The predicted molar refractivity (Wildman–Crippen MR) is 115 cm³/mol. The smallest absolute Gasteiger partial charge is 0.408 e. The molecule has 31 heavy (non-hydrogen) atoms. The molecule has 1 aromatic heterocycles. The second-order valence-corrected chi connectivity index (χ2v) is 9.13. The molecule has 2 aromatic rings. The first kappa shape index (κ1) is 22.4. The number of alkyl carbamates (subject to hydrolysis) is 1. The second kappa shape index (κ2) is 8.46. The van der Waals surface area contributed by atoms with E-state index in [-0.39, 0.29) is 17.7 Å². The molecule has 0 unspecified atom stereocenters. The summed E-state index contributed by atoms with van der Waals surface area (Å²) in [5.41, 5.74) is 5.36. The monoisotopic (exact) mass is 445 g/mol. The number of fused-ring (bicyclic) bond motifs is 1. The van der Waals surface area contributed by atoms with Gasteiger partial charge < -0.3 is 25.5 Å². The molecule has 0 saturated carbocycles. The van der Waals surface area contributed by atoms with Crippen molar-refractivity contribution in [3.05, 3.63) is 63.1 Å². The van der Waals surface area contributed by atoms with Crippen LogP contribution in [0, 0.1) is 0 Å². The van der Waals surface area contributed by atoms with E-state index in [0.717, 1.165) is 0 Å². The van der Waals surface area contributed by atoms with Crippen molar-refractivity contribution in [3.8, 4) is 0 Å². The molecule has 0 spiro atoms. The van der Waals surface area contributed by atoms with E-state index in [4.69, 9.17) is 10.5 Å². The fraction of sp³-hybridized carbons (Fsp3) is 0.333. The maximum Gasteiger partial charge on any atom is 0.408 e. The number of carboxylic acid groups (broad SMARTS) is 1. The average molecular weight is 445 g/mol. The minimum Gasteiger partial charge on any atom is -0.478 e. The number of nitrogens with one attached hydrogen (secondary N) is 1. The Balaban J connectivity index is 1.96. The van der Waals surface area contributed by atoms with E-state index < -0.39 is 35.2 Å². The summed E-state index contributed by atoms with van der Waals surface area (Å²) in [6.07, 6.45) is 0.619. The van der Waals surface area contributed by atoms with E-state index >= 15 is 0 Å². The molecule has 4 N–H and O–H groups in total. The first-order chi connectivity index (χ1) is 14.5. The second-order valence-electron chi connectivity index (χ2n) is 8.09. The molecule has 1 aliphatic rings. The molecule has 2 amide bonds. The third-order valence-corrected chi connectivity index (χ3v) is 5.75. The zero-order valence-corrected chi connectivity index (χ0v) is 18.1. The summed E-state index contributed by atoms with van der Waals surface area (Å²) < 4.78 is 6.56. The standard InChI is InChI=1S/C21H23N3O6S/c1-21(2,3)30-20(29)23-14-10-31-16-13(19(27)28)9-24(18(26)15(14)16)8-11-4-6-12(7-5-11)17(22)25/h4-7,9,14H,8,10H2,1-3H3,(H2,22,25)(H,23,29)(H,27,28)/t14-/m0/s1. The Morgan fingerprint density at radius 2 is 1.90 bits per heavy atom. The van der Waals surface area contributed by atoms with Gasteiger partial charge in [0.1, 0.15) is 5.60 Å². The third kappa shape index (κ3) is 5.08. The molecule has 164 valence electrons. The van der Waals surface area contributed by atoms with Gasteiger partial charge in [0.05, 0.1) is 23.7 Å². The number of rotatable bonds is 5. The van der Waals surface area contributed by atoms with Gasteiger partial charge in [0.25, 0.3) is 5.56 Å². The van der Waals surface area contributed by atoms with Crippen molar-refractivity contribution in [2.45, 2.75) is 43.9 Å². The topological polar surface area (TPSA) is 141 Å². The van der Waals surface area contributed by atoms with Gasteiger partial charge in [0.15, 0.2) is 0 Å². The van der Waals surface area contributed by atoms with Crippen molar-refractivity contribution in [1.29, 1.82) is 0 Å². The Hall–Kier alpha value is -3.27. The van der Waals surface area contributed by atoms with Crippen LogP contribution in [0.2, 0.25) is 0 Å². The quantitative estimate of drug-likeness (QED) is 0.641. The number of hydrogen-bond donors (Lipinski definition) is 3. The number of ether oxygens (including phenoxy) is 1. The predicted octanol–water partition coefficient (Wildman–Crippen LogP) is 2.37. The van der Waals surface area contributed by atoms with Crippen LogP contribution in [0.25, 0.3) is 0 Å². The number of nitrogens with zero attached hydrogens (tertiary/aromatic N) is 1. The number of thioether (sulfide) groups is 1. The van der Waals surface area contributed by atoms with E-state index in [1.165, 1.54) is 34.7 Å². The van der Waals surface area contributed by atoms with Gasteiger partial charge >= 0.3 is 12.1 Å².